The van der Waals surface area contributed by atoms with Crippen molar-refractivity contribution in [1.29, 1.82) is 0 Å². The van der Waals surface area contributed by atoms with Gasteiger partial charge in [-0.15, -0.1) is 0 Å². The van der Waals surface area contributed by atoms with Crippen LogP contribution in [0.2, 0.25) is 0 Å². The maximum atomic E-state index is 4.69. The summed E-state index contributed by atoms with van der Waals surface area (Å²) in [6.07, 6.45) is 7.02. The molecule has 0 saturated carbocycles. The van der Waals surface area contributed by atoms with Crippen LogP contribution in [0.5, 0.6) is 0 Å². The fourth-order valence-electron chi connectivity index (χ4n) is 3.40. The van der Waals surface area contributed by atoms with Gasteiger partial charge in [0.15, 0.2) is 5.65 Å². The van der Waals surface area contributed by atoms with Crippen molar-refractivity contribution >= 4 is 17.0 Å². The Morgan fingerprint density at radius 3 is 2.65 bits per heavy atom. The van der Waals surface area contributed by atoms with Crippen molar-refractivity contribution in [2.24, 2.45) is 0 Å². The van der Waals surface area contributed by atoms with Gasteiger partial charge in [-0.3, -0.25) is 4.98 Å². The van der Waals surface area contributed by atoms with Crippen molar-refractivity contribution in [3.05, 3.63) is 60.4 Å². The average Bonchev–Trinajstić information content (AvgIpc) is 2.88. The van der Waals surface area contributed by atoms with Crippen LogP contribution in [0.3, 0.4) is 0 Å². The molecule has 0 aliphatic carbocycles. The fourth-order valence-corrected chi connectivity index (χ4v) is 3.40. The van der Waals surface area contributed by atoms with Gasteiger partial charge in [0.05, 0.1) is 0 Å². The summed E-state index contributed by atoms with van der Waals surface area (Å²) in [7, 11) is 0. The molecular weight excluding hydrogens is 284 g/mol. The number of rotatable bonds is 2. The first-order valence-corrected chi connectivity index (χ1v) is 8.28. The SMILES string of the molecule is c1ccc(C2CCCN(c3ccc4nccnc4n3)CC2)cc1. The molecule has 0 spiro atoms. The summed E-state index contributed by atoms with van der Waals surface area (Å²) in [5, 5.41) is 0. The number of hydrogen-bond donors (Lipinski definition) is 0. The summed E-state index contributed by atoms with van der Waals surface area (Å²) in [6.45, 7) is 2.10. The predicted octanol–water partition coefficient (Wildman–Crippen LogP) is 3.80. The van der Waals surface area contributed by atoms with E-state index in [1.165, 1.54) is 24.8 Å². The zero-order valence-corrected chi connectivity index (χ0v) is 13.1. The van der Waals surface area contributed by atoms with Crippen LogP contribution in [0.15, 0.2) is 54.9 Å². The van der Waals surface area contributed by atoms with Gasteiger partial charge in [-0.05, 0) is 42.9 Å². The Hall–Kier alpha value is -2.49. The maximum Gasteiger partial charge on any atom is 0.180 e. The van der Waals surface area contributed by atoms with E-state index in [9.17, 15) is 0 Å². The first-order valence-electron chi connectivity index (χ1n) is 8.28. The first kappa shape index (κ1) is 14.1. The van der Waals surface area contributed by atoms with E-state index >= 15 is 0 Å². The van der Waals surface area contributed by atoms with Crippen molar-refractivity contribution in [2.75, 3.05) is 18.0 Å². The largest absolute Gasteiger partial charge is 0.357 e. The van der Waals surface area contributed by atoms with Gasteiger partial charge in [-0.25, -0.2) is 9.97 Å². The molecule has 0 bridgehead atoms. The van der Waals surface area contributed by atoms with Gasteiger partial charge >= 0.3 is 0 Å². The lowest BCUT2D eigenvalue weighted by Gasteiger charge is -2.21. The van der Waals surface area contributed by atoms with Crippen molar-refractivity contribution in [2.45, 2.75) is 25.2 Å². The molecule has 1 unspecified atom stereocenters. The summed E-state index contributed by atoms with van der Waals surface area (Å²) < 4.78 is 0. The summed E-state index contributed by atoms with van der Waals surface area (Å²) in [6, 6.07) is 15.0. The number of anilines is 1. The molecule has 4 rings (SSSR count). The van der Waals surface area contributed by atoms with Crippen LogP contribution < -0.4 is 4.90 Å². The molecule has 3 heterocycles. The molecule has 3 aromatic rings. The second kappa shape index (κ2) is 6.32. The highest BCUT2D eigenvalue weighted by Crippen LogP contribution is 2.29. The second-order valence-corrected chi connectivity index (χ2v) is 6.09. The minimum absolute atomic E-state index is 0.654. The molecule has 1 aromatic carbocycles. The second-order valence-electron chi connectivity index (χ2n) is 6.09. The number of pyridine rings is 1. The van der Waals surface area contributed by atoms with E-state index in [4.69, 9.17) is 4.98 Å². The van der Waals surface area contributed by atoms with E-state index < -0.39 is 0 Å². The number of aromatic nitrogens is 3. The van der Waals surface area contributed by atoms with Gasteiger partial charge < -0.3 is 4.90 Å². The van der Waals surface area contributed by atoms with Crippen LogP contribution in [0.1, 0.15) is 30.7 Å². The summed E-state index contributed by atoms with van der Waals surface area (Å²) in [5.41, 5.74) is 3.05. The average molecular weight is 304 g/mol. The Morgan fingerprint density at radius 1 is 0.870 bits per heavy atom. The van der Waals surface area contributed by atoms with Crippen LogP contribution in [0.4, 0.5) is 5.82 Å². The van der Waals surface area contributed by atoms with Gasteiger partial charge in [-0.2, -0.15) is 0 Å². The lowest BCUT2D eigenvalue weighted by atomic mass is 9.92. The Kier molecular flexibility index (Phi) is 3.88. The van der Waals surface area contributed by atoms with E-state index in [-0.39, 0.29) is 0 Å². The van der Waals surface area contributed by atoms with E-state index in [0.717, 1.165) is 30.1 Å². The van der Waals surface area contributed by atoms with Gasteiger partial charge in [-0.1, -0.05) is 30.3 Å². The number of nitrogens with zero attached hydrogens (tertiary/aromatic N) is 4. The molecule has 2 aromatic heterocycles. The number of fused-ring (bicyclic) bond motifs is 1. The Labute approximate surface area is 136 Å². The standard InChI is InChI=1S/C19H20N4/c1-2-5-15(6-3-1)16-7-4-13-23(14-10-16)18-9-8-17-19(22-18)21-12-11-20-17/h1-3,5-6,8-9,11-12,16H,4,7,10,13-14H2. The number of hydrogen-bond acceptors (Lipinski definition) is 4. The molecule has 4 heteroatoms. The highest BCUT2D eigenvalue weighted by molar-refractivity contribution is 5.71. The number of benzene rings is 1. The van der Waals surface area contributed by atoms with Crippen LogP contribution in [0, 0.1) is 0 Å². The summed E-state index contributed by atoms with van der Waals surface area (Å²) in [5.74, 6) is 1.67. The third-order valence-electron chi connectivity index (χ3n) is 4.64. The Bertz CT molecular complexity index is 787. The zero-order valence-electron chi connectivity index (χ0n) is 13.1. The van der Waals surface area contributed by atoms with Crippen LogP contribution >= 0.6 is 0 Å². The molecule has 116 valence electrons. The molecule has 1 saturated heterocycles. The Morgan fingerprint density at radius 2 is 1.74 bits per heavy atom. The molecule has 1 aliphatic heterocycles. The molecule has 23 heavy (non-hydrogen) atoms. The van der Waals surface area contributed by atoms with Gasteiger partial charge in [0.2, 0.25) is 0 Å². The minimum Gasteiger partial charge on any atom is -0.357 e. The third kappa shape index (κ3) is 3.02. The fraction of sp³-hybridized carbons (Fsp3) is 0.316. The lowest BCUT2D eigenvalue weighted by Crippen LogP contribution is -2.25. The van der Waals surface area contributed by atoms with E-state index in [1.807, 2.05) is 6.07 Å². The monoisotopic (exact) mass is 304 g/mol. The topological polar surface area (TPSA) is 41.9 Å². The van der Waals surface area contributed by atoms with Crippen LogP contribution in [0.25, 0.3) is 11.2 Å². The summed E-state index contributed by atoms with van der Waals surface area (Å²) in [4.78, 5) is 15.7. The quantitative estimate of drug-likeness (QED) is 0.722. The normalized spacial score (nSPS) is 18.8. The molecule has 1 fully saturated rings. The van der Waals surface area contributed by atoms with E-state index in [1.54, 1.807) is 12.4 Å². The zero-order chi connectivity index (χ0) is 15.5. The van der Waals surface area contributed by atoms with E-state index in [0.29, 0.717) is 5.92 Å². The highest BCUT2D eigenvalue weighted by atomic mass is 15.2. The Balaban J connectivity index is 1.53. The minimum atomic E-state index is 0.654. The molecule has 0 N–H and O–H groups in total. The van der Waals surface area contributed by atoms with Gasteiger partial charge in [0, 0.05) is 25.5 Å². The van der Waals surface area contributed by atoms with E-state index in [2.05, 4.69) is 51.3 Å². The first-order chi connectivity index (χ1) is 11.4. The predicted molar refractivity (Wildman–Crippen MR) is 92.6 cm³/mol. The van der Waals surface area contributed by atoms with Crippen molar-refractivity contribution < 1.29 is 0 Å². The van der Waals surface area contributed by atoms with Crippen LogP contribution in [-0.4, -0.2) is 28.0 Å². The maximum absolute atomic E-state index is 4.69. The van der Waals surface area contributed by atoms with Gasteiger partial charge in [0.25, 0.3) is 0 Å². The van der Waals surface area contributed by atoms with Crippen molar-refractivity contribution in [1.82, 2.24) is 15.0 Å². The molecule has 1 atom stereocenters. The molecule has 0 radical (unpaired) electrons. The summed E-state index contributed by atoms with van der Waals surface area (Å²) >= 11 is 0. The smallest absolute Gasteiger partial charge is 0.180 e. The molecule has 1 aliphatic rings. The third-order valence-corrected chi connectivity index (χ3v) is 4.64. The molecule has 0 amide bonds. The molecular formula is C19H20N4. The molecule has 4 nitrogen and oxygen atoms in total. The van der Waals surface area contributed by atoms with Gasteiger partial charge in [0.1, 0.15) is 11.3 Å². The lowest BCUT2D eigenvalue weighted by molar-refractivity contribution is 0.612. The van der Waals surface area contributed by atoms with Crippen LogP contribution in [-0.2, 0) is 0 Å². The van der Waals surface area contributed by atoms with Crippen molar-refractivity contribution in [3.8, 4) is 0 Å². The highest BCUT2D eigenvalue weighted by Gasteiger charge is 2.19. The van der Waals surface area contributed by atoms with Crippen molar-refractivity contribution in [3.63, 3.8) is 0 Å².